The van der Waals surface area contributed by atoms with Crippen LogP contribution >= 0.6 is 11.6 Å². The van der Waals surface area contributed by atoms with Crippen molar-refractivity contribution in [2.24, 2.45) is 0 Å². The maximum atomic E-state index is 14.3. The third kappa shape index (κ3) is 3.50. The standard InChI is InChI=1S/C21H12ClF3N6O/c22-12-2-1-3-13(23)16(12)19-28-15(8-26)17(29-19)10-4-5-14(27-9-10)20-30-18(31-32-20)11-6-21(24,25)7-11/h1-5,9,11H,6-7H2,(H,28,29). The number of nitrogens with zero attached hydrogens (tertiary/aromatic N) is 5. The molecule has 1 aromatic carbocycles. The van der Waals surface area contributed by atoms with E-state index in [0.717, 1.165) is 0 Å². The third-order valence-electron chi connectivity index (χ3n) is 5.18. The number of nitriles is 1. The van der Waals surface area contributed by atoms with Crippen LogP contribution in [0.2, 0.25) is 5.02 Å². The highest BCUT2D eigenvalue weighted by molar-refractivity contribution is 6.33. The molecule has 0 aliphatic heterocycles. The molecule has 1 N–H and O–H groups in total. The number of hydrogen-bond acceptors (Lipinski definition) is 6. The van der Waals surface area contributed by atoms with Crippen molar-refractivity contribution in [2.75, 3.05) is 0 Å². The van der Waals surface area contributed by atoms with Gasteiger partial charge in [-0.1, -0.05) is 22.8 Å². The van der Waals surface area contributed by atoms with E-state index in [9.17, 15) is 18.4 Å². The van der Waals surface area contributed by atoms with Gasteiger partial charge in [0, 0.05) is 30.5 Å². The quantitative estimate of drug-likeness (QED) is 0.443. The number of H-pyrrole nitrogens is 1. The van der Waals surface area contributed by atoms with E-state index >= 15 is 0 Å². The summed E-state index contributed by atoms with van der Waals surface area (Å²) >= 11 is 6.10. The number of imidazole rings is 1. The second-order valence-electron chi connectivity index (χ2n) is 7.37. The van der Waals surface area contributed by atoms with Gasteiger partial charge in [0.2, 0.25) is 5.92 Å². The lowest BCUT2D eigenvalue weighted by Gasteiger charge is -2.32. The number of aromatic nitrogens is 5. The van der Waals surface area contributed by atoms with Crippen LogP contribution in [-0.2, 0) is 0 Å². The molecular weight excluding hydrogens is 445 g/mol. The third-order valence-corrected chi connectivity index (χ3v) is 5.49. The van der Waals surface area contributed by atoms with Gasteiger partial charge in [0.25, 0.3) is 5.89 Å². The van der Waals surface area contributed by atoms with Crippen molar-refractivity contribution in [1.82, 2.24) is 25.1 Å². The molecule has 1 fully saturated rings. The van der Waals surface area contributed by atoms with Gasteiger partial charge in [-0.25, -0.2) is 18.2 Å². The summed E-state index contributed by atoms with van der Waals surface area (Å²) in [7, 11) is 0. The summed E-state index contributed by atoms with van der Waals surface area (Å²) in [6, 6.07) is 9.43. The fourth-order valence-corrected chi connectivity index (χ4v) is 3.77. The Morgan fingerprint density at radius 1 is 1.19 bits per heavy atom. The highest BCUT2D eigenvalue weighted by atomic mass is 35.5. The summed E-state index contributed by atoms with van der Waals surface area (Å²) in [6.07, 6.45) is 0.852. The molecule has 3 aromatic heterocycles. The Hall–Kier alpha value is -3.71. The van der Waals surface area contributed by atoms with E-state index in [2.05, 4.69) is 25.1 Å². The van der Waals surface area contributed by atoms with E-state index in [1.807, 2.05) is 6.07 Å². The van der Waals surface area contributed by atoms with Crippen molar-refractivity contribution in [1.29, 1.82) is 5.26 Å². The monoisotopic (exact) mass is 456 g/mol. The van der Waals surface area contributed by atoms with Gasteiger partial charge in [-0.2, -0.15) is 10.2 Å². The lowest BCUT2D eigenvalue weighted by atomic mass is 9.81. The Morgan fingerprint density at radius 3 is 2.66 bits per heavy atom. The van der Waals surface area contributed by atoms with Crippen LogP contribution in [0.15, 0.2) is 41.1 Å². The van der Waals surface area contributed by atoms with Gasteiger partial charge in [-0.3, -0.25) is 4.98 Å². The van der Waals surface area contributed by atoms with Crippen molar-refractivity contribution in [2.45, 2.75) is 24.7 Å². The molecule has 0 unspecified atom stereocenters. The molecule has 0 bridgehead atoms. The van der Waals surface area contributed by atoms with Gasteiger partial charge < -0.3 is 9.51 Å². The minimum Gasteiger partial charge on any atom is -0.337 e. The molecule has 0 radical (unpaired) electrons. The van der Waals surface area contributed by atoms with Crippen molar-refractivity contribution in [3.63, 3.8) is 0 Å². The zero-order valence-corrected chi connectivity index (χ0v) is 16.9. The van der Waals surface area contributed by atoms with Crippen LogP contribution in [0.25, 0.3) is 34.2 Å². The Labute approximate surface area is 183 Å². The van der Waals surface area contributed by atoms with Crippen LogP contribution in [0.3, 0.4) is 0 Å². The van der Waals surface area contributed by atoms with Crippen LogP contribution in [0.1, 0.15) is 30.3 Å². The minimum absolute atomic E-state index is 0.0415. The Bertz CT molecular complexity index is 1330. The van der Waals surface area contributed by atoms with Gasteiger partial charge in [-0.05, 0) is 24.3 Å². The lowest BCUT2D eigenvalue weighted by Crippen LogP contribution is -2.34. The predicted octanol–water partition coefficient (Wildman–Crippen LogP) is 5.37. The number of nitrogens with one attached hydrogen (secondary N) is 1. The van der Waals surface area contributed by atoms with Crippen molar-refractivity contribution in [3.05, 3.63) is 58.9 Å². The SMILES string of the molecule is N#Cc1nc(-c2c(F)cccc2Cl)[nH]c1-c1ccc(-c2nc(C3CC(F)(F)C3)no2)nc1. The number of benzene rings is 1. The van der Waals surface area contributed by atoms with Crippen molar-refractivity contribution < 1.29 is 17.7 Å². The number of hydrogen-bond donors (Lipinski definition) is 1. The fourth-order valence-electron chi connectivity index (χ4n) is 3.52. The van der Waals surface area contributed by atoms with Gasteiger partial charge in [-0.15, -0.1) is 0 Å². The molecule has 5 rings (SSSR count). The van der Waals surface area contributed by atoms with Crippen LogP contribution in [0.5, 0.6) is 0 Å². The van der Waals surface area contributed by atoms with E-state index in [4.69, 9.17) is 16.1 Å². The van der Waals surface area contributed by atoms with Crippen LogP contribution < -0.4 is 0 Å². The summed E-state index contributed by atoms with van der Waals surface area (Å²) in [5, 5.41) is 13.4. The normalized spacial score (nSPS) is 15.3. The average Bonchev–Trinajstić information content (AvgIpc) is 3.39. The van der Waals surface area contributed by atoms with Gasteiger partial charge in [0.15, 0.2) is 11.5 Å². The maximum Gasteiger partial charge on any atom is 0.276 e. The average molecular weight is 457 g/mol. The molecular formula is C21H12ClF3N6O. The molecule has 1 aliphatic rings. The molecule has 1 saturated carbocycles. The second kappa shape index (κ2) is 7.46. The smallest absolute Gasteiger partial charge is 0.276 e. The Balaban J connectivity index is 1.43. The van der Waals surface area contributed by atoms with Crippen LogP contribution in [0.4, 0.5) is 13.2 Å². The number of aromatic amines is 1. The van der Waals surface area contributed by atoms with Crippen LogP contribution in [-0.4, -0.2) is 31.0 Å². The molecule has 0 spiro atoms. The Morgan fingerprint density at radius 2 is 2.00 bits per heavy atom. The molecule has 0 saturated heterocycles. The first kappa shape index (κ1) is 20.2. The summed E-state index contributed by atoms with van der Waals surface area (Å²) in [4.78, 5) is 15.5. The van der Waals surface area contributed by atoms with E-state index in [-0.39, 0.29) is 46.7 Å². The molecule has 0 atom stereocenters. The van der Waals surface area contributed by atoms with E-state index in [1.54, 1.807) is 12.1 Å². The molecule has 0 amide bonds. The zero-order valence-electron chi connectivity index (χ0n) is 16.1. The number of pyridine rings is 1. The van der Waals surface area contributed by atoms with E-state index in [0.29, 0.717) is 17.0 Å². The zero-order chi connectivity index (χ0) is 22.5. The van der Waals surface area contributed by atoms with Gasteiger partial charge >= 0.3 is 0 Å². The highest BCUT2D eigenvalue weighted by Gasteiger charge is 2.48. The fraction of sp³-hybridized carbons (Fsp3) is 0.190. The molecule has 11 heteroatoms. The van der Waals surface area contributed by atoms with E-state index in [1.165, 1.54) is 24.4 Å². The lowest BCUT2D eigenvalue weighted by molar-refractivity contribution is -0.0888. The van der Waals surface area contributed by atoms with Gasteiger partial charge in [0.05, 0.1) is 16.3 Å². The first-order chi connectivity index (χ1) is 15.3. The maximum absolute atomic E-state index is 14.3. The molecule has 1 aliphatic carbocycles. The Kier molecular flexibility index (Phi) is 4.71. The predicted molar refractivity (Wildman–Crippen MR) is 107 cm³/mol. The first-order valence-corrected chi connectivity index (χ1v) is 9.85. The molecule has 4 aromatic rings. The summed E-state index contributed by atoms with van der Waals surface area (Å²) in [5.41, 5.74) is 1.29. The highest BCUT2D eigenvalue weighted by Crippen LogP contribution is 2.47. The number of alkyl halides is 2. The first-order valence-electron chi connectivity index (χ1n) is 9.47. The number of rotatable bonds is 4. The number of halogens is 4. The summed E-state index contributed by atoms with van der Waals surface area (Å²) in [6.45, 7) is 0. The molecule has 32 heavy (non-hydrogen) atoms. The second-order valence-corrected chi connectivity index (χ2v) is 7.78. The summed E-state index contributed by atoms with van der Waals surface area (Å²) in [5.74, 6) is -3.25. The van der Waals surface area contributed by atoms with Crippen molar-refractivity contribution >= 4 is 11.6 Å². The largest absolute Gasteiger partial charge is 0.337 e. The molecule has 3 heterocycles. The van der Waals surface area contributed by atoms with Crippen LogP contribution in [0, 0.1) is 17.1 Å². The molecule has 7 nitrogen and oxygen atoms in total. The topological polar surface area (TPSA) is 104 Å². The molecule has 160 valence electrons. The summed E-state index contributed by atoms with van der Waals surface area (Å²) < 4.78 is 45.5. The van der Waals surface area contributed by atoms with E-state index < -0.39 is 17.7 Å². The minimum atomic E-state index is -2.68. The van der Waals surface area contributed by atoms with Crippen molar-refractivity contribution in [3.8, 4) is 40.3 Å². The van der Waals surface area contributed by atoms with Gasteiger partial charge in [0.1, 0.15) is 23.4 Å².